The van der Waals surface area contributed by atoms with Crippen LogP contribution in [0.2, 0.25) is 0 Å². The average Bonchev–Trinajstić information content (AvgIpc) is 2.98. The highest BCUT2D eigenvalue weighted by Gasteiger charge is 2.30. The van der Waals surface area contributed by atoms with Crippen LogP contribution in [-0.4, -0.2) is 59.4 Å². The quantitative estimate of drug-likeness (QED) is 0.562. The maximum atomic E-state index is 12.9. The van der Waals surface area contributed by atoms with Gasteiger partial charge in [0.1, 0.15) is 0 Å². The molecule has 0 fully saturated rings. The lowest BCUT2D eigenvalue weighted by Gasteiger charge is -2.34. The van der Waals surface area contributed by atoms with Crippen molar-refractivity contribution in [1.82, 2.24) is 4.90 Å². The molecule has 1 aliphatic carbocycles. The van der Waals surface area contributed by atoms with Gasteiger partial charge < -0.3 is 29.2 Å². The first-order valence-corrected chi connectivity index (χ1v) is 12.0. The average molecular weight is 469 g/mol. The zero-order chi connectivity index (χ0) is 24.2. The summed E-state index contributed by atoms with van der Waals surface area (Å²) >= 11 is 0. The summed E-state index contributed by atoms with van der Waals surface area (Å²) in [5, 5.41) is 3.11. The van der Waals surface area contributed by atoms with E-state index in [4.69, 9.17) is 18.9 Å². The topological polar surface area (TPSA) is 69.3 Å². The smallest absolute Gasteiger partial charge is 0.227 e. The van der Waals surface area contributed by atoms with E-state index in [-0.39, 0.29) is 11.8 Å². The van der Waals surface area contributed by atoms with Gasteiger partial charge >= 0.3 is 0 Å². The Labute approximate surface area is 202 Å². The van der Waals surface area contributed by atoms with Crippen LogP contribution in [0.5, 0.6) is 23.0 Å². The molecule has 0 aromatic heterocycles. The summed E-state index contributed by atoms with van der Waals surface area (Å²) < 4.78 is 21.7. The molecule has 1 N–H and O–H groups in total. The van der Waals surface area contributed by atoms with Crippen LogP contribution >= 0.6 is 0 Å². The van der Waals surface area contributed by atoms with Crippen LogP contribution in [0.3, 0.4) is 0 Å². The van der Waals surface area contributed by atoms with Crippen LogP contribution in [0.15, 0.2) is 24.3 Å². The van der Waals surface area contributed by atoms with E-state index in [1.807, 2.05) is 12.1 Å². The Morgan fingerprint density at radius 2 is 1.50 bits per heavy atom. The molecule has 0 saturated heterocycles. The number of rotatable bonds is 10. The molecule has 184 valence electrons. The number of benzene rings is 2. The fraction of sp³-hybridized carbons (Fsp3) is 0.519. The van der Waals surface area contributed by atoms with Crippen molar-refractivity contribution in [3.05, 3.63) is 41.0 Å². The standard InChI is InChI=1S/C27H36N2O5/c1-29(16-20-11-19-13-24(32-3)25(33-4)14-21(19)20)10-6-7-17-8-9-18-12-23(31-2)26(34-5)15-22(18)28-27(17)30/h12-15,17,20H,6-11,16H2,1-5H3,(H,28,30). The first kappa shape index (κ1) is 24.2. The summed E-state index contributed by atoms with van der Waals surface area (Å²) in [6, 6.07) is 8.06. The molecule has 2 aliphatic rings. The van der Waals surface area contributed by atoms with Crippen molar-refractivity contribution < 1.29 is 23.7 Å². The van der Waals surface area contributed by atoms with Crippen molar-refractivity contribution in [1.29, 1.82) is 0 Å². The minimum atomic E-state index is 0.0129. The molecular formula is C27H36N2O5. The van der Waals surface area contributed by atoms with Gasteiger partial charge in [0.25, 0.3) is 0 Å². The highest BCUT2D eigenvalue weighted by Crippen LogP contribution is 2.42. The van der Waals surface area contributed by atoms with E-state index >= 15 is 0 Å². The van der Waals surface area contributed by atoms with Crippen LogP contribution in [0.25, 0.3) is 0 Å². The third-order valence-corrected chi connectivity index (χ3v) is 7.18. The van der Waals surface area contributed by atoms with Gasteiger partial charge in [-0.15, -0.1) is 0 Å². The van der Waals surface area contributed by atoms with E-state index in [9.17, 15) is 4.79 Å². The number of carbonyl (C=O) groups excluding carboxylic acids is 1. The zero-order valence-electron chi connectivity index (χ0n) is 20.9. The van der Waals surface area contributed by atoms with E-state index in [1.165, 1.54) is 11.1 Å². The SMILES string of the molecule is COc1cc2c(cc1OC)NC(=O)C(CCCN(C)CC1Cc3cc(OC)c(OC)cc31)CC2. The normalized spacial score (nSPS) is 18.8. The van der Waals surface area contributed by atoms with Crippen LogP contribution in [-0.2, 0) is 17.6 Å². The van der Waals surface area contributed by atoms with E-state index < -0.39 is 0 Å². The van der Waals surface area contributed by atoms with Crippen LogP contribution in [0.4, 0.5) is 5.69 Å². The number of ether oxygens (including phenoxy) is 4. The molecule has 2 aromatic rings. The molecule has 1 heterocycles. The van der Waals surface area contributed by atoms with Crippen molar-refractivity contribution >= 4 is 11.6 Å². The minimum absolute atomic E-state index is 0.0129. The molecule has 7 nitrogen and oxygen atoms in total. The summed E-state index contributed by atoms with van der Waals surface area (Å²) in [4.78, 5) is 15.2. The summed E-state index contributed by atoms with van der Waals surface area (Å²) in [7, 11) is 8.76. The number of anilines is 1. The van der Waals surface area contributed by atoms with Crippen molar-refractivity contribution in [2.45, 2.75) is 38.0 Å². The van der Waals surface area contributed by atoms with Crippen molar-refractivity contribution in [2.24, 2.45) is 5.92 Å². The van der Waals surface area contributed by atoms with Gasteiger partial charge in [0.05, 0.1) is 28.4 Å². The maximum absolute atomic E-state index is 12.9. The van der Waals surface area contributed by atoms with Crippen molar-refractivity contribution in [2.75, 3.05) is 53.9 Å². The molecular weight excluding hydrogens is 432 g/mol. The lowest BCUT2D eigenvalue weighted by Crippen LogP contribution is -2.32. The van der Waals surface area contributed by atoms with Crippen LogP contribution in [0, 0.1) is 5.92 Å². The Morgan fingerprint density at radius 3 is 2.18 bits per heavy atom. The molecule has 4 rings (SSSR count). The zero-order valence-corrected chi connectivity index (χ0v) is 20.9. The lowest BCUT2D eigenvalue weighted by atomic mass is 9.77. The number of hydrogen-bond donors (Lipinski definition) is 1. The largest absolute Gasteiger partial charge is 0.493 e. The molecule has 0 radical (unpaired) electrons. The maximum Gasteiger partial charge on any atom is 0.227 e. The van der Waals surface area contributed by atoms with E-state index in [0.717, 1.165) is 67.9 Å². The first-order chi connectivity index (χ1) is 16.5. The number of amides is 1. The number of hydrogen-bond acceptors (Lipinski definition) is 6. The fourth-order valence-corrected chi connectivity index (χ4v) is 5.19. The second-order valence-corrected chi connectivity index (χ2v) is 9.30. The first-order valence-electron chi connectivity index (χ1n) is 12.0. The highest BCUT2D eigenvalue weighted by atomic mass is 16.5. The molecule has 2 unspecified atom stereocenters. The number of aryl methyl sites for hydroxylation is 1. The third kappa shape index (κ3) is 4.94. The molecule has 1 amide bonds. The lowest BCUT2D eigenvalue weighted by molar-refractivity contribution is -0.120. The minimum Gasteiger partial charge on any atom is -0.493 e. The van der Waals surface area contributed by atoms with Gasteiger partial charge in [-0.1, -0.05) is 0 Å². The van der Waals surface area contributed by atoms with E-state index in [0.29, 0.717) is 17.4 Å². The Morgan fingerprint density at radius 1 is 0.882 bits per heavy atom. The molecule has 1 aliphatic heterocycles. The fourth-order valence-electron chi connectivity index (χ4n) is 5.19. The van der Waals surface area contributed by atoms with Gasteiger partial charge in [0, 0.05) is 30.1 Å². The third-order valence-electron chi connectivity index (χ3n) is 7.18. The van der Waals surface area contributed by atoms with Crippen molar-refractivity contribution in [3.63, 3.8) is 0 Å². The number of carbonyl (C=O) groups is 1. The predicted molar refractivity (Wildman–Crippen MR) is 133 cm³/mol. The Kier molecular flexibility index (Phi) is 7.51. The van der Waals surface area contributed by atoms with Crippen molar-refractivity contribution in [3.8, 4) is 23.0 Å². The summed E-state index contributed by atoms with van der Waals surface area (Å²) in [5.74, 6) is 3.56. The summed E-state index contributed by atoms with van der Waals surface area (Å²) in [6.45, 7) is 1.97. The second-order valence-electron chi connectivity index (χ2n) is 9.30. The van der Waals surface area contributed by atoms with Gasteiger partial charge in [-0.2, -0.15) is 0 Å². The van der Waals surface area contributed by atoms with Gasteiger partial charge in [0.2, 0.25) is 5.91 Å². The Hall–Kier alpha value is -2.93. The van der Waals surface area contributed by atoms with Gasteiger partial charge in [-0.05, 0) is 80.6 Å². The predicted octanol–water partition coefficient (Wildman–Crippen LogP) is 4.27. The molecule has 2 aromatic carbocycles. The highest BCUT2D eigenvalue weighted by molar-refractivity contribution is 5.94. The van der Waals surface area contributed by atoms with Gasteiger partial charge in [-0.25, -0.2) is 0 Å². The number of fused-ring (bicyclic) bond motifs is 2. The summed E-state index contributed by atoms with van der Waals surface area (Å²) in [5.41, 5.74) is 4.63. The molecule has 34 heavy (non-hydrogen) atoms. The van der Waals surface area contributed by atoms with E-state index in [1.54, 1.807) is 28.4 Å². The van der Waals surface area contributed by atoms with Gasteiger partial charge in [-0.3, -0.25) is 4.79 Å². The number of nitrogens with one attached hydrogen (secondary N) is 1. The Balaban J connectivity index is 1.28. The monoisotopic (exact) mass is 468 g/mol. The molecule has 7 heteroatoms. The van der Waals surface area contributed by atoms with Crippen LogP contribution in [0.1, 0.15) is 41.9 Å². The van der Waals surface area contributed by atoms with Crippen LogP contribution < -0.4 is 24.3 Å². The summed E-state index contributed by atoms with van der Waals surface area (Å²) in [6.07, 6.45) is 4.62. The molecule has 0 spiro atoms. The number of methoxy groups -OCH3 is 4. The Bertz CT molecular complexity index is 1040. The molecule has 0 saturated carbocycles. The molecule has 2 atom stereocenters. The molecule has 0 bridgehead atoms. The number of nitrogens with zero attached hydrogens (tertiary/aromatic N) is 1. The van der Waals surface area contributed by atoms with Gasteiger partial charge in [0.15, 0.2) is 23.0 Å². The van der Waals surface area contributed by atoms with E-state index in [2.05, 4.69) is 29.4 Å². The second kappa shape index (κ2) is 10.6. The number of likely N-dealkylation sites (N-methyl/N-ethyl adjacent to an activating group) is 1.